The van der Waals surface area contributed by atoms with Crippen molar-refractivity contribution in [2.24, 2.45) is 0 Å². The van der Waals surface area contributed by atoms with Crippen molar-refractivity contribution in [2.45, 2.75) is 24.8 Å². The van der Waals surface area contributed by atoms with Crippen LogP contribution in [0.3, 0.4) is 0 Å². The molecule has 1 aromatic heterocycles. The van der Waals surface area contributed by atoms with Gasteiger partial charge in [-0.05, 0) is 53.9 Å². The summed E-state index contributed by atoms with van der Waals surface area (Å²) in [6, 6.07) is 17.8. The molecule has 0 saturated carbocycles. The van der Waals surface area contributed by atoms with Crippen molar-refractivity contribution < 1.29 is 4.79 Å². The first-order valence-corrected chi connectivity index (χ1v) is 10.4. The molecule has 0 spiro atoms. The first kappa shape index (κ1) is 20.7. The predicted octanol–water partition coefficient (Wildman–Crippen LogP) is 5.03. The Balaban J connectivity index is 1.71. The average molecular weight is 405 g/mol. The number of nitrogens with one attached hydrogen (secondary N) is 1. The van der Waals surface area contributed by atoms with Gasteiger partial charge in [0.1, 0.15) is 11.1 Å². The molecular formula is C23H24N4OS. The molecule has 6 heteroatoms. The van der Waals surface area contributed by atoms with Crippen LogP contribution in [0, 0.1) is 11.3 Å². The highest BCUT2D eigenvalue weighted by Crippen LogP contribution is 2.27. The van der Waals surface area contributed by atoms with Gasteiger partial charge in [-0.3, -0.25) is 4.79 Å². The van der Waals surface area contributed by atoms with Gasteiger partial charge in [-0.2, -0.15) is 5.26 Å². The number of nitrogens with zero attached hydrogens (tertiary/aromatic N) is 3. The maximum Gasteiger partial charge on any atom is 0.234 e. The van der Waals surface area contributed by atoms with Crippen molar-refractivity contribution in [1.29, 1.82) is 5.26 Å². The van der Waals surface area contributed by atoms with Gasteiger partial charge in [0, 0.05) is 30.9 Å². The van der Waals surface area contributed by atoms with Crippen LogP contribution in [0.4, 0.5) is 11.4 Å². The van der Waals surface area contributed by atoms with E-state index >= 15 is 0 Å². The van der Waals surface area contributed by atoms with Gasteiger partial charge in [0.05, 0.1) is 16.8 Å². The first-order chi connectivity index (χ1) is 13.9. The van der Waals surface area contributed by atoms with E-state index < -0.39 is 0 Å². The number of hydrogen-bond acceptors (Lipinski definition) is 5. The Bertz CT molecular complexity index is 1070. The quantitative estimate of drug-likeness (QED) is 0.584. The zero-order valence-corrected chi connectivity index (χ0v) is 17.9. The van der Waals surface area contributed by atoms with Crippen molar-refractivity contribution in [3.63, 3.8) is 0 Å². The van der Waals surface area contributed by atoms with Gasteiger partial charge >= 0.3 is 0 Å². The molecule has 1 amide bonds. The van der Waals surface area contributed by atoms with E-state index in [2.05, 4.69) is 42.4 Å². The molecule has 0 aliphatic rings. The van der Waals surface area contributed by atoms with Crippen molar-refractivity contribution >= 4 is 39.9 Å². The van der Waals surface area contributed by atoms with Crippen molar-refractivity contribution in [3.05, 3.63) is 59.7 Å². The fraction of sp³-hybridized carbons (Fsp3) is 0.261. The molecule has 3 rings (SSSR count). The predicted molar refractivity (Wildman–Crippen MR) is 121 cm³/mol. The lowest BCUT2D eigenvalue weighted by molar-refractivity contribution is -0.113. The SMILES string of the molecule is CC(C)c1ccc2nc(SCC(=O)Nc3ccc(N(C)C)cc3)c(C#N)cc2c1. The van der Waals surface area contributed by atoms with Crippen molar-refractivity contribution in [1.82, 2.24) is 4.98 Å². The molecule has 0 saturated heterocycles. The molecule has 1 N–H and O–H groups in total. The zero-order valence-electron chi connectivity index (χ0n) is 17.1. The lowest BCUT2D eigenvalue weighted by Gasteiger charge is -2.13. The standard InChI is InChI=1S/C23H24N4OS/c1-15(2)16-5-10-21-17(11-16)12-18(13-24)23(26-21)29-14-22(28)25-19-6-8-20(9-7-19)27(3)4/h5-12,15H,14H2,1-4H3,(H,25,28). The van der Waals surface area contributed by atoms with Crippen LogP contribution in [0.15, 0.2) is 53.6 Å². The van der Waals surface area contributed by atoms with Crippen LogP contribution in [0.2, 0.25) is 0 Å². The van der Waals surface area contributed by atoms with Gasteiger partial charge in [-0.25, -0.2) is 4.98 Å². The second-order valence-corrected chi connectivity index (χ2v) is 8.30. The number of benzene rings is 2. The molecule has 29 heavy (non-hydrogen) atoms. The fourth-order valence-electron chi connectivity index (χ4n) is 2.90. The smallest absolute Gasteiger partial charge is 0.234 e. The molecular weight excluding hydrogens is 380 g/mol. The van der Waals surface area contributed by atoms with Crippen molar-refractivity contribution in [2.75, 3.05) is 30.1 Å². The minimum atomic E-state index is -0.131. The van der Waals surface area contributed by atoms with E-state index in [9.17, 15) is 10.1 Å². The van der Waals surface area contributed by atoms with Crippen LogP contribution in [-0.2, 0) is 4.79 Å². The lowest BCUT2D eigenvalue weighted by Crippen LogP contribution is -2.14. The Hall–Kier alpha value is -3.04. The van der Waals surface area contributed by atoms with Crippen LogP contribution < -0.4 is 10.2 Å². The molecule has 0 unspecified atom stereocenters. The summed E-state index contributed by atoms with van der Waals surface area (Å²) in [6.07, 6.45) is 0. The summed E-state index contributed by atoms with van der Waals surface area (Å²) in [6.45, 7) is 4.27. The van der Waals surface area contributed by atoms with Crippen LogP contribution in [0.5, 0.6) is 0 Å². The van der Waals surface area contributed by atoms with E-state index in [1.165, 1.54) is 17.3 Å². The fourth-order valence-corrected chi connectivity index (χ4v) is 3.66. The molecule has 1 heterocycles. The molecule has 148 valence electrons. The van der Waals surface area contributed by atoms with Gasteiger partial charge in [0.25, 0.3) is 0 Å². The number of fused-ring (bicyclic) bond motifs is 1. The first-order valence-electron chi connectivity index (χ1n) is 9.42. The number of anilines is 2. The largest absolute Gasteiger partial charge is 0.378 e. The summed E-state index contributed by atoms with van der Waals surface area (Å²) in [5.41, 5.74) is 4.34. The Morgan fingerprint density at radius 1 is 1.17 bits per heavy atom. The van der Waals surface area contributed by atoms with E-state index in [0.29, 0.717) is 16.5 Å². The van der Waals surface area contributed by atoms with Crippen LogP contribution in [0.25, 0.3) is 10.9 Å². The number of carbonyl (C=O) groups is 1. The highest BCUT2D eigenvalue weighted by molar-refractivity contribution is 8.00. The minimum Gasteiger partial charge on any atom is -0.378 e. The summed E-state index contributed by atoms with van der Waals surface area (Å²) >= 11 is 1.28. The summed E-state index contributed by atoms with van der Waals surface area (Å²) < 4.78 is 0. The molecule has 0 aliphatic carbocycles. The number of rotatable bonds is 6. The van der Waals surface area contributed by atoms with Gasteiger partial charge < -0.3 is 10.2 Å². The van der Waals surface area contributed by atoms with Gasteiger partial charge in [-0.15, -0.1) is 0 Å². The number of aromatic nitrogens is 1. The zero-order chi connectivity index (χ0) is 21.0. The number of nitriles is 1. The number of hydrogen-bond donors (Lipinski definition) is 1. The molecule has 0 radical (unpaired) electrons. The third-order valence-electron chi connectivity index (χ3n) is 4.60. The van der Waals surface area contributed by atoms with E-state index in [4.69, 9.17) is 0 Å². The van der Waals surface area contributed by atoms with Crippen LogP contribution in [0.1, 0.15) is 30.9 Å². The second kappa shape index (κ2) is 8.97. The molecule has 0 atom stereocenters. The second-order valence-electron chi connectivity index (χ2n) is 7.34. The molecule has 2 aromatic carbocycles. The Kier molecular flexibility index (Phi) is 6.40. The molecule has 5 nitrogen and oxygen atoms in total. The van der Waals surface area contributed by atoms with Gasteiger partial charge in [0.15, 0.2) is 0 Å². The Labute approximate surface area is 175 Å². The summed E-state index contributed by atoms with van der Waals surface area (Å²) in [4.78, 5) is 18.9. The van der Waals surface area contributed by atoms with Crippen LogP contribution >= 0.6 is 11.8 Å². The maximum atomic E-state index is 12.3. The van der Waals surface area contributed by atoms with Crippen LogP contribution in [-0.4, -0.2) is 30.7 Å². The number of amides is 1. The summed E-state index contributed by atoms with van der Waals surface area (Å²) in [7, 11) is 3.94. The summed E-state index contributed by atoms with van der Waals surface area (Å²) in [5.74, 6) is 0.468. The van der Waals surface area contributed by atoms with Gasteiger partial charge in [-0.1, -0.05) is 31.7 Å². The normalized spacial score (nSPS) is 10.8. The maximum absolute atomic E-state index is 12.3. The number of thioether (sulfide) groups is 1. The minimum absolute atomic E-state index is 0.131. The Morgan fingerprint density at radius 3 is 2.52 bits per heavy atom. The Morgan fingerprint density at radius 2 is 1.90 bits per heavy atom. The average Bonchev–Trinajstić information content (AvgIpc) is 2.71. The van der Waals surface area contributed by atoms with E-state index in [1.807, 2.05) is 55.4 Å². The lowest BCUT2D eigenvalue weighted by atomic mass is 10.0. The number of carbonyl (C=O) groups excluding carboxylic acids is 1. The third-order valence-corrected chi connectivity index (χ3v) is 5.59. The summed E-state index contributed by atoms with van der Waals surface area (Å²) in [5, 5.41) is 13.9. The van der Waals surface area contributed by atoms with Crippen molar-refractivity contribution in [3.8, 4) is 6.07 Å². The number of pyridine rings is 1. The van der Waals surface area contributed by atoms with Gasteiger partial charge in [0.2, 0.25) is 5.91 Å². The highest BCUT2D eigenvalue weighted by atomic mass is 32.2. The molecule has 0 bridgehead atoms. The molecule has 0 aliphatic heterocycles. The topological polar surface area (TPSA) is 69.0 Å². The monoisotopic (exact) mass is 404 g/mol. The highest BCUT2D eigenvalue weighted by Gasteiger charge is 2.12. The van der Waals surface area contributed by atoms with E-state index in [0.717, 1.165) is 22.3 Å². The molecule has 3 aromatic rings. The van der Waals surface area contributed by atoms with E-state index in [1.54, 1.807) is 0 Å². The third kappa shape index (κ3) is 5.07. The molecule has 0 fully saturated rings. The van der Waals surface area contributed by atoms with E-state index in [-0.39, 0.29) is 11.7 Å².